The second-order valence-electron chi connectivity index (χ2n) is 25.9. The van der Waals surface area contributed by atoms with Crippen LogP contribution >= 0.6 is 23.5 Å². The fraction of sp³-hybridized carbons (Fsp3) is 0.742. The highest BCUT2D eigenvalue weighted by Crippen LogP contribution is 2.21. The second kappa shape index (κ2) is 49.3. The van der Waals surface area contributed by atoms with E-state index in [1.54, 1.807) is 40.3 Å². The largest absolute Gasteiger partial charge is 0.480 e. The van der Waals surface area contributed by atoms with Crippen LogP contribution in [-0.4, -0.2) is 290 Å². The molecule has 2 aliphatic heterocycles. The van der Waals surface area contributed by atoms with Crippen LogP contribution in [0.5, 0.6) is 0 Å². The van der Waals surface area contributed by atoms with Crippen LogP contribution in [0, 0.1) is 11.8 Å². The first-order chi connectivity index (χ1) is 47.1. The normalized spacial score (nSPS) is 19.9. The Labute approximate surface area is 591 Å². The quantitative estimate of drug-likeness (QED) is 0.0289. The highest BCUT2D eigenvalue weighted by Gasteiger charge is 2.36. The number of benzene rings is 1. The molecule has 0 spiro atoms. The standard InChI is InChI=1S/C66H113N13O18S2/c1-7-47(4)60-64(93)72-52(45-99-44-49-14-10-13-48(38-49)43-98-36-18-55(82)75-66(5,6)65(94)73-51(37-46(2)3)63(92)74-60)62(91)70-21-12-31-96-33-35-97-34-32-95-30-11-20-68-53(80)16-17-54(81)71-50(61(67)90)15-8-9-19-69-56(83)39-76-22-24-77(40-57(84)85)26-28-79(42-59(88)89)29-27-78(25-23-76)41-58(86)87/h10,13-14,38,46-47,50-52,56,60,69,83H,7-9,11-12,15-37,39-45H2,1-6H3,(H2,67,90)(H,68,80)(H,70,91)(H,71,81)(H,72,93)(H,73,94)(H,74,92)(H,75,82)(H,84,85)(H,86,87)(H,88,89)/t47-,50-,51-,52?,56?,60-/m0/s1. The van der Waals surface area contributed by atoms with Gasteiger partial charge in [0, 0.05) is 127 Å². The van der Waals surface area contributed by atoms with Gasteiger partial charge in [-0.3, -0.25) is 77.7 Å². The number of rotatable bonds is 38. The van der Waals surface area contributed by atoms with Crippen LogP contribution in [0.1, 0.15) is 117 Å². The molecule has 0 aliphatic carbocycles. The van der Waals surface area contributed by atoms with Gasteiger partial charge in [0.25, 0.3) is 0 Å². The minimum atomic E-state index is -1.33. The zero-order valence-electron chi connectivity index (χ0n) is 58.8. The van der Waals surface area contributed by atoms with Crippen LogP contribution in [0.2, 0.25) is 0 Å². The fourth-order valence-corrected chi connectivity index (χ4v) is 12.4. The number of primary amides is 1. The van der Waals surface area contributed by atoms with Crippen molar-refractivity contribution >= 4 is 88.7 Å². The number of β-amino-alcohol motifs (C(OH)–C–C–N with tert-alkyl or cyclic N) is 1. The number of fused-ring (bicyclic) bond motifs is 2. The molecule has 14 N–H and O–H groups in total. The van der Waals surface area contributed by atoms with Crippen LogP contribution in [-0.2, 0) is 78.5 Å². The Morgan fingerprint density at radius 2 is 1.19 bits per heavy atom. The Balaban J connectivity index is 1.33. The predicted molar refractivity (Wildman–Crippen MR) is 375 cm³/mol. The van der Waals surface area contributed by atoms with Gasteiger partial charge in [-0.1, -0.05) is 58.4 Å². The van der Waals surface area contributed by atoms with E-state index in [4.69, 9.17) is 19.9 Å². The fourth-order valence-electron chi connectivity index (χ4n) is 10.5. The number of carboxylic acid groups (broad SMARTS) is 3. The second-order valence-corrected chi connectivity index (χ2v) is 28.0. The number of hydrogen-bond donors (Lipinski definition) is 13. The van der Waals surface area contributed by atoms with Crippen molar-refractivity contribution in [3.8, 4) is 0 Å². The molecule has 2 unspecified atom stereocenters. The molecule has 33 heteroatoms. The molecule has 2 bridgehead atoms. The Bertz CT molecular complexity index is 2640. The number of nitrogens with zero attached hydrogens (tertiary/aromatic N) is 4. The smallest absolute Gasteiger partial charge is 0.317 e. The predicted octanol–water partition coefficient (Wildman–Crippen LogP) is -0.636. The zero-order chi connectivity index (χ0) is 73.1. The number of hydrogen-bond acceptors (Lipinski definition) is 22. The first-order valence-electron chi connectivity index (χ1n) is 34.4. The van der Waals surface area contributed by atoms with E-state index in [1.165, 1.54) is 11.8 Å². The zero-order valence-corrected chi connectivity index (χ0v) is 60.4. The van der Waals surface area contributed by atoms with E-state index in [2.05, 4.69) is 48.6 Å². The topological polar surface area (TPSA) is 432 Å². The molecule has 0 radical (unpaired) electrons. The van der Waals surface area contributed by atoms with Gasteiger partial charge in [0.1, 0.15) is 35.9 Å². The Hall–Kier alpha value is -6.27. The monoisotopic (exact) mass is 1440 g/mol. The van der Waals surface area contributed by atoms with E-state index in [-0.39, 0.29) is 126 Å². The van der Waals surface area contributed by atoms with Gasteiger partial charge in [-0.2, -0.15) is 23.5 Å². The van der Waals surface area contributed by atoms with Crippen LogP contribution < -0.4 is 48.3 Å². The van der Waals surface area contributed by atoms with E-state index in [9.17, 15) is 73.2 Å². The highest BCUT2D eigenvalue weighted by atomic mass is 32.2. The van der Waals surface area contributed by atoms with Crippen molar-refractivity contribution in [2.75, 3.05) is 149 Å². The first-order valence-corrected chi connectivity index (χ1v) is 36.7. The number of unbranched alkanes of at least 4 members (excludes halogenated alkanes) is 1. The Morgan fingerprint density at radius 3 is 1.73 bits per heavy atom. The summed E-state index contributed by atoms with van der Waals surface area (Å²) in [5, 5.41) is 62.1. The van der Waals surface area contributed by atoms with Gasteiger partial charge in [0.05, 0.1) is 46.1 Å². The lowest BCUT2D eigenvalue weighted by Gasteiger charge is -2.33. The minimum absolute atomic E-state index is 0.00747. The molecule has 8 amide bonds. The average molecular weight is 1440 g/mol. The van der Waals surface area contributed by atoms with Gasteiger partial charge in [0.2, 0.25) is 47.3 Å². The van der Waals surface area contributed by atoms with Gasteiger partial charge in [-0.15, -0.1) is 0 Å². The van der Waals surface area contributed by atoms with E-state index >= 15 is 0 Å². The maximum atomic E-state index is 14.2. The number of amides is 8. The average Bonchev–Trinajstić information content (AvgIpc) is 0.854. The molecular formula is C66H113N13O18S2. The molecule has 31 nitrogen and oxygen atoms in total. The van der Waals surface area contributed by atoms with Crippen LogP contribution in [0.15, 0.2) is 24.3 Å². The van der Waals surface area contributed by atoms with Crippen molar-refractivity contribution in [1.82, 2.24) is 62.1 Å². The molecule has 6 atom stereocenters. The third-order valence-corrected chi connectivity index (χ3v) is 18.5. The molecule has 2 heterocycles. The lowest BCUT2D eigenvalue weighted by molar-refractivity contribution is -0.140. The number of aliphatic carboxylic acids is 3. The van der Waals surface area contributed by atoms with Gasteiger partial charge in [0.15, 0.2) is 0 Å². The molecule has 0 aromatic heterocycles. The highest BCUT2D eigenvalue weighted by molar-refractivity contribution is 7.98. The maximum Gasteiger partial charge on any atom is 0.317 e. The number of carbonyl (C=O) groups is 11. The number of aliphatic hydroxyl groups excluding tert-OH is 1. The molecule has 3 rings (SSSR count). The summed E-state index contributed by atoms with van der Waals surface area (Å²) in [4.78, 5) is 148. The summed E-state index contributed by atoms with van der Waals surface area (Å²) < 4.78 is 17.0. The first kappa shape index (κ1) is 86.9. The van der Waals surface area contributed by atoms with Gasteiger partial charge in [-0.05, 0) is 81.9 Å². The summed E-state index contributed by atoms with van der Waals surface area (Å²) in [6.07, 6.45) is 1.85. The minimum Gasteiger partial charge on any atom is -0.480 e. The van der Waals surface area contributed by atoms with E-state index in [0.717, 1.165) is 11.1 Å². The third-order valence-electron chi connectivity index (χ3n) is 16.4. The Kier molecular flexibility index (Phi) is 43.3. The SMILES string of the molecule is CC[C@H](C)[C@@H]1NC(=O)[C@H](CC(C)C)NC(=O)C(C)(C)NC(=O)CCSCc2cccc(c2)CSCC(C(=O)NCCCOCCOCCOCCCNC(=O)CCC(=O)N[C@@H](CCCCNC(O)CN2CCN(CC(=O)O)CCN(CC(=O)O)CCN(CC(=O)O)CC2)C(N)=O)NC1=O. The van der Waals surface area contributed by atoms with E-state index in [1.807, 2.05) is 50.8 Å². The Morgan fingerprint density at radius 1 is 0.667 bits per heavy atom. The molecule has 99 heavy (non-hydrogen) atoms. The number of aliphatic hydroxyl groups is 1. The molecule has 0 saturated carbocycles. The van der Waals surface area contributed by atoms with E-state index in [0.29, 0.717) is 128 Å². The summed E-state index contributed by atoms with van der Waals surface area (Å²) in [7, 11) is 0. The molecule has 1 aromatic rings. The lowest BCUT2D eigenvalue weighted by Crippen LogP contribution is -2.62. The number of thioether (sulfide) groups is 2. The van der Waals surface area contributed by atoms with Crippen LogP contribution in [0.3, 0.4) is 0 Å². The maximum absolute atomic E-state index is 14.2. The van der Waals surface area contributed by atoms with Gasteiger partial charge in [-0.25, -0.2) is 0 Å². The number of nitrogens with two attached hydrogens (primary N) is 1. The van der Waals surface area contributed by atoms with Crippen molar-refractivity contribution in [2.24, 2.45) is 17.6 Å². The summed E-state index contributed by atoms with van der Waals surface area (Å²) in [6.45, 7) is 15.2. The van der Waals surface area contributed by atoms with Crippen LogP contribution in [0.25, 0.3) is 0 Å². The summed E-state index contributed by atoms with van der Waals surface area (Å²) in [5.74, 6) is -5.37. The van der Waals surface area contributed by atoms with Crippen molar-refractivity contribution in [3.05, 3.63) is 35.4 Å². The van der Waals surface area contributed by atoms with Crippen molar-refractivity contribution < 1.29 is 87.4 Å². The summed E-state index contributed by atoms with van der Waals surface area (Å²) >= 11 is 3.09. The molecule has 1 aromatic carbocycles. The van der Waals surface area contributed by atoms with Crippen molar-refractivity contribution in [3.63, 3.8) is 0 Å². The van der Waals surface area contributed by atoms with Crippen molar-refractivity contribution in [2.45, 2.75) is 153 Å². The summed E-state index contributed by atoms with van der Waals surface area (Å²) in [5.41, 5.74) is 6.36. The van der Waals surface area contributed by atoms with Crippen LogP contribution in [0.4, 0.5) is 0 Å². The lowest BCUT2D eigenvalue weighted by atomic mass is 9.96. The summed E-state index contributed by atoms with van der Waals surface area (Å²) in [6, 6.07) is 4.10. The molecule has 562 valence electrons. The van der Waals surface area contributed by atoms with Gasteiger partial charge < -0.3 is 77.6 Å². The molecule has 1 saturated heterocycles. The molecule has 2 aliphatic rings. The van der Waals surface area contributed by atoms with Crippen molar-refractivity contribution in [1.29, 1.82) is 0 Å². The third kappa shape index (κ3) is 39.5. The van der Waals surface area contributed by atoms with E-state index < -0.39 is 83.4 Å². The number of carbonyl (C=O) groups excluding carboxylic acids is 8. The molecular weight excluding hydrogens is 1330 g/mol. The number of ether oxygens (including phenoxy) is 3. The van der Waals surface area contributed by atoms with Gasteiger partial charge >= 0.3 is 17.9 Å². The number of nitrogens with one attached hydrogen (secondary N) is 8. The molecule has 1 fully saturated rings. The number of carboxylic acids is 3.